The molecule has 3 amide bonds. The number of ether oxygens (including phenoxy) is 1. The van der Waals surface area contributed by atoms with Crippen molar-refractivity contribution in [3.8, 4) is 0 Å². The number of rotatable bonds is 11. The largest absolute Gasteiger partial charge is 0.469 e. The van der Waals surface area contributed by atoms with Gasteiger partial charge in [0.1, 0.15) is 6.04 Å². The van der Waals surface area contributed by atoms with Gasteiger partial charge in [0.2, 0.25) is 5.91 Å². The number of likely N-dealkylation sites (N-methyl/N-ethyl adjacent to an activating group) is 1. The maximum atomic E-state index is 13.4. The van der Waals surface area contributed by atoms with Crippen molar-refractivity contribution >= 4 is 29.7 Å². The Labute approximate surface area is 221 Å². The van der Waals surface area contributed by atoms with Crippen LogP contribution in [0.1, 0.15) is 58.3 Å². The molecule has 8 nitrogen and oxygen atoms in total. The number of nitrogens with zero attached hydrogens (tertiary/aromatic N) is 3. The van der Waals surface area contributed by atoms with Crippen LogP contribution >= 0.6 is 11.8 Å². The average molecular weight is 523 g/mol. The summed E-state index contributed by atoms with van der Waals surface area (Å²) in [6, 6.07) is -0.668. The van der Waals surface area contributed by atoms with Crippen LogP contribution in [0, 0.1) is 23.2 Å². The molecule has 0 radical (unpaired) electrons. The second-order valence-corrected chi connectivity index (χ2v) is 13.1. The van der Waals surface area contributed by atoms with Gasteiger partial charge in [0.15, 0.2) is 0 Å². The van der Waals surface area contributed by atoms with Crippen LogP contribution in [0.25, 0.3) is 0 Å². The van der Waals surface area contributed by atoms with Gasteiger partial charge in [0, 0.05) is 50.8 Å². The van der Waals surface area contributed by atoms with E-state index in [1.165, 1.54) is 45.6 Å². The number of amides is 3. The van der Waals surface area contributed by atoms with Gasteiger partial charge in [-0.2, -0.15) is 11.8 Å². The number of nitrogens with one attached hydrogen (secondary N) is 1. The molecule has 9 heteroatoms. The van der Waals surface area contributed by atoms with E-state index in [1.807, 2.05) is 9.80 Å². The number of carbonyl (C=O) groups is 3. The van der Waals surface area contributed by atoms with Crippen LogP contribution in [0.15, 0.2) is 0 Å². The lowest BCUT2D eigenvalue weighted by atomic mass is 9.49. The molecular formula is C27H46N4O4S. The average Bonchev–Trinajstić information content (AvgIpc) is 2.84. The highest BCUT2D eigenvalue weighted by atomic mass is 32.2. The first kappa shape index (κ1) is 27.6. The molecule has 1 N–H and O–H groups in total. The topological polar surface area (TPSA) is 82.2 Å². The minimum atomic E-state index is -0.532. The van der Waals surface area contributed by atoms with E-state index >= 15 is 0 Å². The third kappa shape index (κ3) is 7.09. The molecule has 0 aromatic carbocycles. The molecule has 204 valence electrons. The molecule has 5 aliphatic rings. The summed E-state index contributed by atoms with van der Waals surface area (Å²) in [5.41, 5.74) is 0.409. The lowest BCUT2D eigenvalue weighted by molar-refractivity contribution is -0.140. The zero-order valence-corrected chi connectivity index (χ0v) is 23.3. The molecule has 0 spiro atoms. The molecule has 1 heterocycles. The first-order valence-electron chi connectivity index (χ1n) is 13.9. The summed E-state index contributed by atoms with van der Waals surface area (Å²) in [4.78, 5) is 43.8. The fourth-order valence-electron chi connectivity index (χ4n) is 7.46. The van der Waals surface area contributed by atoms with Crippen molar-refractivity contribution < 1.29 is 19.1 Å². The maximum absolute atomic E-state index is 13.4. The quantitative estimate of drug-likeness (QED) is 0.332. The standard InChI is InChI=1S/C27H46N4O4S/c1-20(25(33)30-9-7-29(2)8-10-30)28-26(34)31(11-13-36-12-4-24(32)35-3)6-5-27-17-21-14-22(18-27)16-23(15-21)19-27/h20-23H,4-19H2,1-3H3,(H,28,34). The molecule has 36 heavy (non-hydrogen) atoms. The fraction of sp³-hybridized carbons (Fsp3) is 0.889. The number of esters is 1. The number of carbonyl (C=O) groups excluding carboxylic acids is 3. The Morgan fingerprint density at radius 3 is 2.19 bits per heavy atom. The van der Waals surface area contributed by atoms with Gasteiger partial charge in [-0.15, -0.1) is 0 Å². The summed E-state index contributed by atoms with van der Waals surface area (Å²) in [5.74, 6) is 3.96. The molecule has 1 aliphatic heterocycles. The van der Waals surface area contributed by atoms with Gasteiger partial charge in [-0.1, -0.05) is 0 Å². The monoisotopic (exact) mass is 522 g/mol. The highest BCUT2D eigenvalue weighted by Gasteiger charge is 2.50. The molecule has 0 aromatic heterocycles. The Bertz CT molecular complexity index is 750. The first-order chi connectivity index (χ1) is 17.3. The van der Waals surface area contributed by atoms with Crippen LogP contribution in [-0.4, -0.2) is 104 Å². The van der Waals surface area contributed by atoms with Crippen LogP contribution in [0.4, 0.5) is 4.79 Å². The summed E-state index contributed by atoms with van der Waals surface area (Å²) in [6.07, 6.45) is 9.72. The van der Waals surface area contributed by atoms with Crippen LogP contribution in [0.5, 0.6) is 0 Å². The SMILES string of the molecule is COC(=O)CCSCCN(CCC12CC3CC(CC(C3)C1)C2)C(=O)NC(C)C(=O)N1CCN(C)CC1. The number of piperazine rings is 1. The summed E-state index contributed by atoms with van der Waals surface area (Å²) in [7, 11) is 3.48. The molecule has 5 fully saturated rings. The minimum Gasteiger partial charge on any atom is -0.469 e. The van der Waals surface area contributed by atoms with Crippen LogP contribution in [0.2, 0.25) is 0 Å². The number of thioether (sulfide) groups is 1. The molecular weight excluding hydrogens is 476 g/mol. The smallest absolute Gasteiger partial charge is 0.318 e. The van der Waals surface area contributed by atoms with Gasteiger partial charge in [-0.25, -0.2) is 4.79 Å². The van der Waals surface area contributed by atoms with E-state index in [1.54, 1.807) is 18.7 Å². The Morgan fingerprint density at radius 1 is 1.00 bits per heavy atom. The van der Waals surface area contributed by atoms with E-state index < -0.39 is 6.04 Å². The third-order valence-electron chi connectivity index (χ3n) is 9.07. The second kappa shape index (κ2) is 12.4. The molecule has 4 aliphatic carbocycles. The Hall–Kier alpha value is -1.48. The summed E-state index contributed by atoms with van der Waals surface area (Å²) < 4.78 is 4.73. The van der Waals surface area contributed by atoms with Crippen molar-refractivity contribution in [2.24, 2.45) is 23.2 Å². The summed E-state index contributed by atoms with van der Waals surface area (Å²) in [5, 5.41) is 3.01. The van der Waals surface area contributed by atoms with E-state index in [0.29, 0.717) is 37.2 Å². The molecule has 1 atom stereocenters. The summed E-state index contributed by atoms with van der Waals surface area (Å²) in [6.45, 7) is 6.33. The molecule has 4 bridgehead atoms. The van der Waals surface area contributed by atoms with Crippen molar-refractivity contribution in [1.29, 1.82) is 0 Å². The van der Waals surface area contributed by atoms with E-state index in [-0.39, 0.29) is 17.9 Å². The normalized spacial score (nSPS) is 30.2. The van der Waals surface area contributed by atoms with E-state index in [4.69, 9.17) is 4.74 Å². The molecule has 4 saturated carbocycles. The number of methoxy groups -OCH3 is 1. The maximum Gasteiger partial charge on any atom is 0.318 e. The Kier molecular flexibility index (Phi) is 9.47. The van der Waals surface area contributed by atoms with Gasteiger partial charge in [0.05, 0.1) is 13.5 Å². The van der Waals surface area contributed by atoms with Gasteiger partial charge in [-0.3, -0.25) is 9.59 Å². The highest BCUT2D eigenvalue weighted by Crippen LogP contribution is 2.61. The first-order valence-corrected chi connectivity index (χ1v) is 15.1. The van der Waals surface area contributed by atoms with E-state index in [0.717, 1.165) is 49.6 Å². The molecule has 0 aromatic rings. The van der Waals surface area contributed by atoms with Crippen LogP contribution in [-0.2, 0) is 14.3 Å². The van der Waals surface area contributed by atoms with Crippen molar-refractivity contribution in [1.82, 2.24) is 20.0 Å². The minimum absolute atomic E-state index is 0.00457. The third-order valence-corrected chi connectivity index (χ3v) is 10.0. The molecule has 1 saturated heterocycles. The predicted octanol–water partition coefficient (Wildman–Crippen LogP) is 3.06. The van der Waals surface area contributed by atoms with Crippen molar-refractivity contribution in [3.05, 3.63) is 0 Å². The lowest BCUT2D eigenvalue weighted by Crippen LogP contribution is -2.55. The van der Waals surface area contributed by atoms with Gasteiger partial charge >= 0.3 is 12.0 Å². The molecule has 1 unspecified atom stereocenters. The van der Waals surface area contributed by atoms with E-state index in [2.05, 4.69) is 17.3 Å². The van der Waals surface area contributed by atoms with Crippen LogP contribution in [0.3, 0.4) is 0 Å². The zero-order valence-electron chi connectivity index (χ0n) is 22.5. The van der Waals surface area contributed by atoms with Crippen molar-refractivity contribution in [2.75, 3.05) is 64.9 Å². The van der Waals surface area contributed by atoms with Gasteiger partial charge in [0.25, 0.3) is 0 Å². The Balaban J connectivity index is 1.31. The highest BCUT2D eigenvalue weighted by molar-refractivity contribution is 7.99. The number of hydrogen-bond acceptors (Lipinski definition) is 6. The van der Waals surface area contributed by atoms with Crippen LogP contribution < -0.4 is 5.32 Å². The zero-order chi connectivity index (χ0) is 25.7. The number of hydrogen-bond donors (Lipinski definition) is 1. The predicted molar refractivity (Wildman–Crippen MR) is 143 cm³/mol. The van der Waals surface area contributed by atoms with Gasteiger partial charge < -0.3 is 24.8 Å². The summed E-state index contributed by atoms with van der Waals surface area (Å²) >= 11 is 1.67. The van der Waals surface area contributed by atoms with Crippen molar-refractivity contribution in [3.63, 3.8) is 0 Å². The number of urea groups is 1. The second-order valence-electron chi connectivity index (χ2n) is 11.9. The lowest BCUT2D eigenvalue weighted by Gasteiger charge is -2.57. The van der Waals surface area contributed by atoms with E-state index in [9.17, 15) is 14.4 Å². The molecule has 5 rings (SSSR count). The Morgan fingerprint density at radius 2 is 1.61 bits per heavy atom. The van der Waals surface area contributed by atoms with Crippen molar-refractivity contribution in [2.45, 2.75) is 64.3 Å². The van der Waals surface area contributed by atoms with Gasteiger partial charge in [-0.05, 0) is 82.1 Å². The fourth-order valence-corrected chi connectivity index (χ4v) is 8.32.